The van der Waals surface area contributed by atoms with Crippen molar-refractivity contribution in [1.82, 2.24) is 14.5 Å². The van der Waals surface area contributed by atoms with Crippen molar-refractivity contribution >= 4 is 5.95 Å². The van der Waals surface area contributed by atoms with Gasteiger partial charge < -0.3 is 9.88 Å². The monoisotopic (exact) mass is 214 g/mol. The van der Waals surface area contributed by atoms with Gasteiger partial charge in [0.25, 0.3) is 0 Å². The normalized spacial score (nSPS) is 14.3. The summed E-state index contributed by atoms with van der Waals surface area (Å²) < 4.78 is 2.25. The van der Waals surface area contributed by atoms with Crippen LogP contribution < -0.4 is 5.32 Å². The Morgan fingerprint density at radius 3 is 2.88 bits per heavy atom. The van der Waals surface area contributed by atoms with E-state index in [0.717, 1.165) is 30.3 Å². The molecular weight excluding hydrogens is 200 g/mol. The largest absolute Gasteiger partial charge is 0.356 e. The Morgan fingerprint density at radius 1 is 1.31 bits per heavy atom. The predicted octanol–water partition coefficient (Wildman–Crippen LogP) is 2.07. The van der Waals surface area contributed by atoms with Gasteiger partial charge in [-0.2, -0.15) is 0 Å². The summed E-state index contributed by atoms with van der Waals surface area (Å²) in [5, 5.41) is 3.33. The number of fused-ring (bicyclic) bond motifs is 1. The molecule has 3 heterocycles. The number of imidazole rings is 1. The highest BCUT2D eigenvalue weighted by atomic mass is 15.2. The zero-order valence-electron chi connectivity index (χ0n) is 9.27. The van der Waals surface area contributed by atoms with Crippen LogP contribution in [0.3, 0.4) is 0 Å². The van der Waals surface area contributed by atoms with Gasteiger partial charge in [-0.15, -0.1) is 0 Å². The third-order valence-electron chi connectivity index (χ3n) is 3.02. The molecule has 0 atom stereocenters. The van der Waals surface area contributed by atoms with Crippen LogP contribution in [0.25, 0.3) is 11.3 Å². The molecule has 4 nitrogen and oxygen atoms in total. The van der Waals surface area contributed by atoms with Crippen LogP contribution >= 0.6 is 0 Å². The van der Waals surface area contributed by atoms with Crippen molar-refractivity contribution in [1.29, 1.82) is 0 Å². The minimum absolute atomic E-state index is 0.996. The summed E-state index contributed by atoms with van der Waals surface area (Å²) in [6.07, 6.45) is 4.78. The Labute approximate surface area is 94.4 Å². The van der Waals surface area contributed by atoms with Crippen LogP contribution in [-0.4, -0.2) is 21.1 Å². The molecule has 1 N–H and O–H groups in total. The highest BCUT2D eigenvalue weighted by Gasteiger charge is 2.17. The van der Waals surface area contributed by atoms with Crippen LogP contribution in [0.1, 0.15) is 12.1 Å². The number of hydrogen-bond donors (Lipinski definition) is 1. The summed E-state index contributed by atoms with van der Waals surface area (Å²) in [7, 11) is 0. The molecule has 0 radical (unpaired) electrons. The average molecular weight is 214 g/mol. The van der Waals surface area contributed by atoms with Gasteiger partial charge in [-0.25, -0.2) is 4.98 Å². The Morgan fingerprint density at radius 2 is 2.12 bits per heavy atom. The topological polar surface area (TPSA) is 42.7 Å². The fourth-order valence-corrected chi connectivity index (χ4v) is 2.16. The van der Waals surface area contributed by atoms with Crippen LogP contribution in [0.15, 0.2) is 24.5 Å². The van der Waals surface area contributed by atoms with Crippen molar-refractivity contribution in [3.05, 3.63) is 30.2 Å². The standard InChI is InChI=1S/C12H14N4/c1-9-11(10-3-6-13-7-4-10)15-12-14-5-2-8-16(9)12/h3-4,6-7H,2,5,8H2,1H3,(H,14,15). The lowest BCUT2D eigenvalue weighted by atomic mass is 10.1. The fraction of sp³-hybridized carbons (Fsp3) is 0.333. The lowest BCUT2D eigenvalue weighted by Gasteiger charge is -2.16. The molecule has 82 valence electrons. The van der Waals surface area contributed by atoms with Gasteiger partial charge in [0.05, 0.1) is 5.69 Å². The molecule has 0 spiro atoms. The third-order valence-corrected chi connectivity index (χ3v) is 3.02. The van der Waals surface area contributed by atoms with Gasteiger partial charge in [0.1, 0.15) is 0 Å². The number of nitrogens with zero attached hydrogens (tertiary/aromatic N) is 3. The van der Waals surface area contributed by atoms with Gasteiger partial charge in [0, 0.05) is 36.7 Å². The van der Waals surface area contributed by atoms with Crippen LogP contribution in [-0.2, 0) is 6.54 Å². The highest BCUT2D eigenvalue weighted by molar-refractivity contribution is 5.64. The van der Waals surface area contributed by atoms with Crippen molar-refractivity contribution in [3.8, 4) is 11.3 Å². The number of hydrogen-bond acceptors (Lipinski definition) is 3. The van der Waals surface area contributed by atoms with Crippen molar-refractivity contribution < 1.29 is 0 Å². The van der Waals surface area contributed by atoms with E-state index in [1.54, 1.807) is 12.4 Å². The second kappa shape index (κ2) is 3.63. The van der Waals surface area contributed by atoms with Gasteiger partial charge in [-0.05, 0) is 25.5 Å². The summed E-state index contributed by atoms with van der Waals surface area (Å²) in [6, 6.07) is 4.00. The molecule has 0 aromatic carbocycles. The molecule has 0 fully saturated rings. The van der Waals surface area contributed by atoms with E-state index >= 15 is 0 Å². The first-order valence-corrected chi connectivity index (χ1v) is 5.57. The lowest BCUT2D eigenvalue weighted by molar-refractivity contribution is 0.615. The zero-order chi connectivity index (χ0) is 11.0. The first kappa shape index (κ1) is 9.39. The van der Waals surface area contributed by atoms with E-state index in [2.05, 4.69) is 26.8 Å². The van der Waals surface area contributed by atoms with Gasteiger partial charge in [-0.1, -0.05) is 0 Å². The summed E-state index contributed by atoms with van der Waals surface area (Å²) in [5.74, 6) is 0.996. The van der Waals surface area contributed by atoms with Gasteiger partial charge in [0.2, 0.25) is 5.95 Å². The third kappa shape index (κ3) is 1.38. The average Bonchev–Trinajstić information content (AvgIpc) is 2.69. The smallest absolute Gasteiger partial charge is 0.203 e. The van der Waals surface area contributed by atoms with E-state index in [0.29, 0.717) is 0 Å². The summed E-state index contributed by atoms with van der Waals surface area (Å²) >= 11 is 0. The van der Waals surface area contributed by atoms with Crippen LogP contribution in [0.4, 0.5) is 5.95 Å². The van der Waals surface area contributed by atoms with E-state index < -0.39 is 0 Å². The molecule has 2 aromatic rings. The van der Waals surface area contributed by atoms with Crippen LogP contribution in [0.2, 0.25) is 0 Å². The first-order valence-electron chi connectivity index (χ1n) is 5.57. The number of anilines is 1. The molecule has 0 aliphatic carbocycles. The van der Waals surface area contributed by atoms with Crippen LogP contribution in [0, 0.1) is 6.92 Å². The molecule has 0 amide bonds. The highest BCUT2D eigenvalue weighted by Crippen LogP contribution is 2.27. The Balaban J connectivity index is 2.12. The number of rotatable bonds is 1. The SMILES string of the molecule is Cc1c(-c2ccncc2)nc2n1CCCN2. The molecular formula is C12H14N4. The summed E-state index contributed by atoms with van der Waals surface area (Å²) in [4.78, 5) is 8.68. The number of aromatic nitrogens is 3. The first-order chi connectivity index (χ1) is 7.86. The second-order valence-electron chi connectivity index (χ2n) is 4.04. The van der Waals surface area contributed by atoms with E-state index in [4.69, 9.17) is 0 Å². The quantitative estimate of drug-likeness (QED) is 0.790. The van der Waals surface area contributed by atoms with E-state index in [-0.39, 0.29) is 0 Å². The molecule has 16 heavy (non-hydrogen) atoms. The molecule has 0 unspecified atom stereocenters. The molecule has 0 saturated carbocycles. The molecule has 4 heteroatoms. The van der Waals surface area contributed by atoms with Crippen LogP contribution in [0.5, 0.6) is 0 Å². The van der Waals surface area contributed by atoms with Gasteiger partial charge in [-0.3, -0.25) is 4.98 Å². The van der Waals surface area contributed by atoms with Crippen molar-refractivity contribution in [2.45, 2.75) is 19.9 Å². The minimum Gasteiger partial charge on any atom is -0.356 e. The zero-order valence-corrected chi connectivity index (χ0v) is 9.27. The molecule has 3 rings (SSSR count). The summed E-state index contributed by atoms with van der Waals surface area (Å²) in [6.45, 7) is 4.21. The maximum Gasteiger partial charge on any atom is 0.203 e. The van der Waals surface area contributed by atoms with Crippen molar-refractivity contribution in [2.75, 3.05) is 11.9 Å². The maximum atomic E-state index is 4.64. The molecule has 2 aromatic heterocycles. The van der Waals surface area contributed by atoms with E-state index in [9.17, 15) is 0 Å². The Kier molecular flexibility index (Phi) is 2.13. The predicted molar refractivity (Wildman–Crippen MR) is 63.3 cm³/mol. The van der Waals surface area contributed by atoms with Gasteiger partial charge >= 0.3 is 0 Å². The molecule has 1 aliphatic heterocycles. The number of nitrogens with one attached hydrogen (secondary N) is 1. The Bertz CT molecular complexity index is 501. The maximum absolute atomic E-state index is 4.64. The van der Waals surface area contributed by atoms with E-state index in [1.165, 1.54) is 12.1 Å². The molecule has 0 bridgehead atoms. The lowest BCUT2D eigenvalue weighted by Crippen LogP contribution is -2.17. The number of pyridine rings is 1. The van der Waals surface area contributed by atoms with Gasteiger partial charge in [0.15, 0.2) is 0 Å². The van der Waals surface area contributed by atoms with Crippen molar-refractivity contribution in [3.63, 3.8) is 0 Å². The fourth-order valence-electron chi connectivity index (χ4n) is 2.16. The van der Waals surface area contributed by atoms with Crippen molar-refractivity contribution in [2.24, 2.45) is 0 Å². The Hall–Kier alpha value is -1.84. The molecule has 1 aliphatic rings. The van der Waals surface area contributed by atoms with E-state index in [1.807, 2.05) is 12.1 Å². The minimum atomic E-state index is 0.996. The molecule has 0 saturated heterocycles. The second-order valence-corrected chi connectivity index (χ2v) is 4.04. The summed E-state index contributed by atoms with van der Waals surface area (Å²) in [5.41, 5.74) is 3.43.